The number of halogens is 1. The van der Waals surface area contributed by atoms with Gasteiger partial charge in [0.15, 0.2) is 0 Å². The fourth-order valence-electron chi connectivity index (χ4n) is 0.826. The van der Waals surface area contributed by atoms with Crippen LogP contribution < -0.4 is 5.32 Å². The van der Waals surface area contributed by atoms with Crippen LogP contribution in [0.5, 0.6) is 0 Å². The third-order valence-electron chi connectivity index (χ3n) is 1.30. The number of carbonyl (C=O) groups excluding carboxylic acids is 1. The number of aromatic nitrogens is 2. The molecular weight excluding hydrogens is 202 g/mol. The van der Waals surface area contributed by atoms with Crippen LogP contribution in [-0.4, -0.2) is 15.9 Å². The summed E-state index contributed by atoms with van der Waals surface area (Å²) in [5.41, 5.74) is 0.919. The van der Waals surface area contributed by atoms with Crippen LogP contribution in [0.4, 0.5) is 5.82 Å². The zero-order valence-corrected chi connectivity index (χ0v) is 8.67. The van der Waals surface area contributed by atoms with Crippen LogP contribution in [-0.2, 0) is 4.79 Å². The molecular formula is C9H10ClN3O. The molecule has 0 aliphatic carbocycles. The number of hydrogen-bond acceptors (Lipinski definition) is 3. The number of rotatable bonds is 2. The minimum Gasteiger partial charge on any atom is -0.307 e. The van der Waals surface area contributed by atoms with Gasteiger partial charge in [-0.2, -0.15) is 0 Å². The van der Waals surface area contributed by atoms with Gasteiger partial charge in [0.2, 0.25) is 5.91 Å². The van der Waals surface area contributed by atoms with E-state index in [4.69, 9.17) is 11.6 Å². The summed E-state index contributed by atoms with van der Waals surface area (Å²) in [5, 5.41) is 2.86. The minimum atomic E-state index is -0.222. The van der Waals surface area contributed by atoms with E-state index in [1.807, 2.05) is 13.8 Å². The highest BCUT2D eigenvalue weighted by Gasteiger charge is 2.00. The molecule has 1 N–H and O–H groups in total. The molecule has 0 aliphatic rings. The molecule has 4 nitrogen and oxygen atoms in total. The topological polar surface area (TPSA) is 54.9 Å². The highest BCUT2D eigenvalue weighted by Crippen LogP contribution is 2.08. The number of nitrogens with one attached hydrogen (secondary N) is 1. The second kappa shape index (κ2) is 4.72. The van der Waals surface area contributed by atoms with Gasteiger partial charge in [-0.15, -0.1) is 0 Å². The molecule has 0 aliphatic heterocycles. The molecule has 0 fully saturated rings. The number of anilines is 1. The van der Waals surface area contributed by atoms with E-state index in [9.17, 15) is 4.79 Å². The Morgan fingerprint density at radius 3 is 2.79 bits per heavy atom. The van der Waals surface area contributed by atoms with Crippen molar-refractivity contribution >= 4 is 23.3 Å². The van der Waals surface area contributed by atoms with Crippen LogP contribution in [0.3, 0.4) is 0 Å². The van der Waals surface area contributed by atoms with Crippen molar-refractivity contribution in [1.82, 2.24) is 9.97 Å². The first-order chi connectivity index (χ1) is 6.58. The summed E-state index contributed by atoms with van der Waals surface area (Å²) in [4.78, 5) is 18.8. The Morgan fingerprint density at radius 1 is 1.50 bits per heavy atom. The third-order valence-corrected chi connectivity index (χ3v) is 1.51. The van der Waals surface area contributed by atoms with Crippen molar-refractivity contribution in [3.8, 4) is 0 Å². The lowest BCUT2D eigenvalue weighted by molar-refractivity contribution is -0.112. The summed E-state index contributed by atoms with van der Waals surface area (Å²) in [5.74, 6) is 0.173. The van der Waals surface area contributed by atoms with Crippen molar-refractivity contribution in [3.05, 3.63) is 29.2 Å². The summed E-state index contributed by atoms with van der Waals surface area (Å²) in [6, 6.07) is 1.48. The fraction of sp³-hybridized carbons (Fsp3) is 0.222. The quantitative estimate of drug-likeness (QED) is 0.602. The van der Waals surface area contributed by atoms with Crippen LogP contribution in [0.2, 0.25) is 5.15 Å². The van der Waals surface area contributed by atoms with Crippen molar-refractivity contribution in [2.24, 2.45) is 0 Å². The number of hydrogen-bond donors (Lipinski definition) is 1. The van der Waals surface area contributed by atoms with Crippen LogP contribution >= 0.6 is 11.6 Å². The van der Waals surface area contributed by atoms with Crippen LogP contribution in [0.1, 0.15) is 13.8 Å². The molecule has 0 bridgehead atoms. The lowest BCUT2D eigenvalue weighted by Crippen LogP contribution is -2.09. The molecule has 1 heterocycles. The van der Waals surface area contributed by atoms with Gasteiger partial charge in [-0.05, 0) is 13.8 Å². The van der Waals surface area contributed by atoms with E-state index in [1.165, 1.54) is 18.5 Å². The van der Waals surface area contributed by atoms with Gasteiger partial charge in [0, 0.05) is 12.1 Å². The van der Waals surface area contributed by atoms with E-state index >= 15 is 0 Å². The summed E-state index contributed by atoms with van der Waals surface area (Å²) in [7, 11) is 0. The molecule has 1 aromatic heterocycles. The first-order valence-electron chi connectivity index (χ1n) is 4.01. The molecule has 0 aromatic carbocycles. The van der Waals surface area contributed by atoms with Gasteiger partial charge < -0.3 is 5.32 Å². The molecule has 1 aromatic rings. The first kappa shape index (κ1) is 10.7. The van der Waals surface area contributed by atoms with E-state index in [-0.39, 0.29) is 5.91 Å². The molecule has 0 unspecified atom stereocenters. The molecule has 0 radical (unpaired) electrons. The van der Waals surface area contributed by atoms with Gasteiger partial charge in [-0.3, -0.25) is 4.79 Å². The van der Waals surface area contributed by atoms with Gasteiger partial charge in [0.1, 0.15) is 17.3 Å². The van der Waals surface area contributed by atoms with Gasteiger partial charge in [-0.25, -0.2) is 9.97 Å². The largest absolute Gasteiger partial charge is 0.307 e. The lowest BCUT2D eigenvalue weighted by atomic mass is 10.3. The van der Waals surface area contributed by atoms with Crippen molar-refractivity contribution < 1.29 is 4.79 Å². The maximum atomic E-state index is 11.2. The number of carbonyl (C=O) groups is 1. The Kier molecular flexibility index (Phi) is 3.59. The Labute approximate surface area is 87.0 Å². The average Bonchev–Trinajstić information content (AvgIpc) is 2.01. The monoisotopic (exact) mass is 211 g/mol. The predicted molar refractivity (Wildman–Crippen MR) is 55.1 cm³/mol. The molecule has 0 saturated heterocycles. The molecule has 0 atom stereocenters. The minimum absolute atomic E-state index is 0.222. The Bertz CT molecular complexity index is 372. The second-order valence-corrected chi connectivity index (χ2v) is 3.32. The highest BCUT2D eigenvalue weighted by molar-refractivity contribution is 6.29. The smallest absolute Gasteiger partial charge is 0.249 e. The molecule has 5 heteroatoms. The van der Waals surface area contributed by atoms with Gasteiger partial charge >= 0.3 is 0 Å². The molecule has 0 spiro atoms. The van der Waals surface area contributed by atoms with E-state index < -0.39 is 0 Å². The molecule has 1 rings (SSSR count). The average molecular weight is 212 g/mol. The van der Waals surface area contributed by atoms with Crippen molar-refractivity contribution in [2.75, 3.05) is 5.32 Å². The zero-order chi connectivity index (χ0) is 10.6. The SMILES string of the molecule is CC(C)=CC(=O)Nc1cc(Cl)ncn1. The van der Waals surface area contributed by atoms with E-state index in [2.05, 4.69) is 15.3 Å². The van der Waals surface area contributed by atoms with E-state index in [0.717, 1.165) is 5.57 Å². The highest BCUT2D eigenvalue weighted by atomic mass is 35.5. The first-order valence-corrected chi connectivity index (χ1v) is 4.39. The van der Waals surface area contributed by atoms with Gasteiger partial charge in [-0.1, -0.05) is 17.2 Å². The van der Waals surface area contributed by atoms with Crippen LogP contribution in [0, 0.1) is 0 Å². The number of nitrogens with zero attached hydrogens (tertiary/aromatic N) is 2. The van der Waals surface area contributed by atoms with E-state index in [1.54, 1.807) is 0 Å². The lowest BCUT2D eigenvalue weighted by Gasteiger charge is -2.00. The van der Waals surface area contributed by atoms with Crippen molar-refractivity contribution in [3.63, 3.8) is 0 Å². The van der Waals surface area contributed by atoms with Gasteiger partial charge in [0.05, 0.1) is 0 Å². The van der Waals surface area contributed by atoms with Gasteiger partial charge in [0.25, 0.3) is 0 Å². The standard InChI is InChI=1S/C9H10ClN3O/c1-6(2)3-9(14)13-8-4-7(10)11-5-12-8/h3-5H,1-2H3,(H,11,12,13,14). The molecule has 14 heavy (non-hydrogen) atoms. The Hall–Kier alpha value is -1.42. The maximum Gasteiger partial charge on any atom is 0.249 e. The summed E-state index contributed by atoms with van der Waals surface area (Å²) in [6.07, 6.45) is 2.77. The number of amides is 1. The molecule has 0 saturated carbocycles. The number of allylic oxidation sites excluding steroid dienone is 1. The summed E-state index contributed by atoms with van der Waals surface area (Å²) >= 11 is 5.62. The van der Waals surface area contributed by atoms with Crippen LogP contribution in [0.15, 0.2) is 24.0 Å². The second-order valence-electron chi connectivity index (χ2n) is 2.94. The normalized spacial score (nSPS) is 9.36. The summed E-state index contributed by atoms with van der Waals surface area (Å²) < 4.78 is 0. The molecule has 74 valence electrons. The predicted octanol–water partition coefficient (Wildman–Crippen LogP) is 2.03. The maximum absolute atomic E-state index is 11.2. The summed E-state index contributed by atoms with van der Waals surface area (Å²) in [6.45, 7) is 3.68. The Morgan fingerprint density at radius 2 is 2.21 bits per heavy atom. The molecule has 1 amide bonds. The Balaban J connectivity index is 2.70. The van der Waals surface area contributed by atoms with Crippen molar-refractivity contribution in [2.45, 2.75) is 13.8 Å². The van der Waals surface area contributed by atoms with E-state index in [0.29, 0.717) is 11.0 Å². The fourth-order valence-corrected chi connectivity index (χ4v) is 0.973. The van der Waals surface area contributed by atoms with Crippen molar-refractivity contribution in [1.29, 1.82) is 0 Å². The zero-order valence-electron chi connectivity index (χ0n) is 7.91. The van der Waals surface area contributed by atoms with Crippen LogP contribution in [0.25, 0.3) is 0 Å². The third kappa shape index (κ3) is 3.53.